The summed E-state index contributed by atoms with van der Waals surface area (Å²) < 4.78 is 0. The summed E-state index contributed by atoms with van der Waals surface area (Å²) >= 11 is 0. The summed E-state index contributed by atoms with van der Waals surface area (Å²) in [5.41, 5.74) is 0. The zero-order valence-corrected chi connectivity index (χ0v) is 36.4. The molecule has 3 atom stereocenters. The zero-order chi connectivity index (χ0) is 39.4. The molecule has 0 spiro atoms. The fourth-order valence-electron chi connectivity index (χ4n) is 7.47. The quantitative estimate of drug-likeness (QED) is 0.0368. The Morgan fingerprint density at radius 3 is 1.07 bits per heavy atom. The molecule has 54 heavy (non-hydrogen) atoms. The second kappa shape index (κ2) is 44.5. The number of rotatable bonds is 44. The van der Waals surface area contributed by atoms with Crippen molar-refractivity contribution in [2.24, 2.45) is 0 Å². The number of carbonyl (C=O) groups excluding carboxylic acids is 1. The SMILES string of the molecule is CCCCCCCCCC/C=C/C(O)C(CO)NC(=O)C(O)CCCCCCCCCCCCCCCC/C=C\CCCCCCCCCCCCCC. The summed E-state index contributed by atoms with van der Waals surface area (Å²) in [6.45, 7) is 4.17. The van der Waals surface area contributed by atoms with Gasteiger partial charge in [0.2, 0.25) is 5.91 Å². The van der Waals surface area contributed by atoms with Gasteiger partial charge in [0.1, 0.15) is 6.10 Å². The molecule has 0 saturated heterocycles. The number of aliphatic hydroxyl groups excluding tert-OH is 3. The van der Waals surface area contributed by atoms with E-state index in [-0.39, 0.29) is 6.61 Å². The predicted octanol–water partition coefficient (Wildman–Crippen LogP) is 14.2. The molecule has 0 bridgehead atoms. The number of amides is 1. The molecule has 0 heterocycles. The minimum absolute atomic E-state index is 0.362. The van der Waals surface area contributed by atoms with Crippen molar-refractivity contribution in [1.29, 1.82) is 0 Å². The van der Waals surface area contributed by atoms with Crippen molar-refractivity contribution in [2.45, 2.75) is 276 Å². The van der Waals surface area contributed by atoms with Crippen LogP contribution in [0.1, 0.15) is 258 Å². The van der Waals surface area contributed by atoms with Crippen LogP contribution in [0.25, 0.3) is 0 Å². The summed E-state index contributed by atoms with van der Waals surface area (Å²) in [6.07, 6.45) is 55.3. The summed E-state index contributed by atoms with van der Waals surface area (Å²) in [5.74, 6) is -0.503. The summed E-state index contributed by atoms with van der Waals surface area (Å²) in [6, 6.07) is -0.793. The Bertz CT molecular complexity index is 799. The van der Waals surface area contributed by atoms with Gasteiger partial charge in [-0.2, -0.15) is 0 Å². The number of allylic oxidation sites excluding steroid dienone is 3. The Kier molecular flexibility index (Phi) is 43.6. The first-order valence-corrected chi connectivity index (χ1v) is 24.2. The van der Waals surface area contributed by atoms with E-state index in [4.69, 9.17) is 0 Å². The van der Waals surface area contributed by atoms with Crippen molar-refractivity contribution < 1.29 is 20.1 Å². The van der Waals surface area contributed by atoms with Crippen molar-refractivity contribution in [2.75, 3.05) is 6.61 Å². The van der Waals surface area contributed by atoms with Gasteiger partial charge in [-0.05, 0) is 44.9 Å². The lowest BCUT2D eigenvalue weighted by atomic mass is 10.0. The first kappa shape index (κ1) is 52.8. The Morgan fingerprint density at radius 1 is 0.444 bits per heavy atom. The number of unbranched alkanes of at least 4 members (excludes halogenated alkanes) is 34. The molecule has 4 N–H and O–H groups in total. The second-order valence-corrected chi connectivity index (χ2v) is 16.7. The smallest absolute Gasteiger partial charge is 0.249 e. The number of aliphatic hydroxyl groups is 3. The Labute approximate surface area is 337 Å². The largest absolute Gasteiger partial charge is 0.394 e. The van der Waals surface area contributed by atoms with Crippen molar-refractivity contribution >= 4 is 5.91 Å². The zero-order valence-electron chi connectivity index (χ0n) is 36.4. The van der Waals surface area contributed by atoms with Crippen molar-refractivity contribution in [1.82, 2.24) is 5.32 Å². The summed E-state index contributed by atoms with van der Waals surface area (Å²) in [7, 11) is 0. The van der Waals surface area contributed by atoms with Crippen molar-refractivity contribution in [3.8, 4) is 0 Å². The fourth-order valence-corrected chi connectivity index (χ4v) is 7.47. The van der Waals surface area contributed by atoms with Crippen LogP contribution in [0.5, 0.6) is 0 Å². The van der Waals surface area contributed by atoms with Gasteiger partial charge in [-0.3, -0.25) is 4.79 Å². The highest BCUT2D eigenvalue weighted by atomic mass is 16.3. The van der Waals surface area contributed by atoms with E-state index < -0.39 is 24.2 Å². The predicted molar refractivity (Wildman–Crippen MR) is 236 cm³/mol. The van der Waals surface area contributed by atoms with Gasteiger partial charge in [0, 0.05) is 0 Å². The molecule has 0 rings (SSSR count). The second-order valence-electron chi connectivity index (χ2n) is 16.7. The van der Waals surface area contributed by atoms with Crippen molar-refractivity contribution in [3.05, 3.63) is 24.3 Å². The lowest BCUT2D eigenvalue weighted by Gasteiger charge is -2.21. The number of hydrogen-bond acceptors (Lipinski definition) is 4. The topological polar surface area (TPSA) is 89.8 Å². The number of hydrogen-bond donors (Lipinski definition) is 4. The van der Waals surface area contributed by atoms with Crippen LogP contribution < -0.4 is 5.32 Å². The molecular formula is C49H95NO4. The molecule has 0 aromatic rings. The standard InChI is InChI=1S/C49H95NO4/c1-3-5-7-9-11-13-15-16-17-18-19-20-21-22-23-24-25-26-27-28-29-30-31-32-33-34-36-38-40-42-44-48(53)49(54)50-46(45-51)47(52)43-41-39-37-35-14-12-10-8-6-4-2/h22-23,41,43,46-48,51-53H,3-21,24-40,42,44-45H2,1-2H3,(H,50,54)/b23-22-,43-41+. The van der Waals surface area contributed by atoms with E-state index >= 15 is 0 Å². The molecule has 320 valence electrons. The first-order chi connectivity index (χ1) is 26.6. The van der Waals surface area contributed by atoms with E-state index in [9.17, 15) is 20.1 Å². The maximum atomic E-state index is 12.4. The fraction of sp³-hybridized carbons (Fsp3) is 0.898. The van der Waals surface area contributed by atoms with Crippen molar-refractivity contribution in [3.63, 3.8) is 0 Å². The maximum absolute atomic E-state index is 12.4. The monoisotopic (exact) mass is 762 g/mol. The van der Waals surface area contributed by atoms with Gasteiger partial charge >= 0.3 is 0 Å². The lowest BCUT2D eigenvalue weighted by molar-refractivity contribution is -0.131. The van der Waals surface area contributed by atoms with Crippen LogP contribution in [0, 0.1) is 0 Å². The highest BCUT2D eigenvalue weighted by Gasteiger charge is 2.22. The van der Waals surface area contributed by atoms with Crippen LogP contribution in [0.2, 0.25) is 0 Å². The van der Waals surface area contributed by atoms with E-state index in [1.807, 2.05) is 6.08 Å². The molecular weight excluding hydrogens is 667 g/mol. The van der Waals surface area contributed by atoms with E-state index in [0.29, 0.717) is 6.42 Å². The van der Waals surface area contributed by atoms with Crippen LogP contribution in [-0.2, 0) is 4.79 Å². The van der Waals surface area contributed by atoms with E-state index in [1.54, 1.807) is 6.08 Å². The molecule has 5 nitrogen and oxygen atoms in total. The Balaban J connectivity index is 3.50. The average molecular weight is 762 g/mol. The molecule has 0 fully saturated rings. The average Bonchev–Trinajstić information content (AvgIpc) is 3.18. The molecule has 0 aromatic heterocycles. The summed E-state index contributed by atoms with van der Waals surface area (Å²) in [4.78, 5) is 12.4. The van der Waals surface area contributed by atoms with Crippen LogP contribution in [-0.4, -0.2) is 46.1 Å². The van der Waals surface area contributed by atoms with E-state index in [1.165, 1.54) is 205 Å². The van der Waals surface area contributed by atoms with Gasteiger partial charge in [0.25, 0.3) is 0 Å². The first-order valence-electron chi connectivity index (χ1n) is 24.2. The van der Waals surface area contributed by atoms with Gasteiger partial charge in [-0.15, -0.1) is 0 Å². The molecule has 0 aliphatic heterocycles. The molecule has 0 aliphatic carbocycles. The molecule has 3 unspecified atom stereocenters. The highest BCUT2D eigenvalue weighted by Crippen LogP contribution is 2.16. The molecule has 0 radical (unpaired) electrons. The third-order valence-corrected chi connectivity index (χ3v) is 11.3. The van der Waals surface area contributed by atoms with Gasteiger partial charge in [0.05, 0.1) is 18.8 Å². The van der Waals surface area contributed by atoms with Gasteiger partial charge < -0.3 is 20.6 Å². The van der Waals surface area contributed by atoms with Crippen LogP contribution in [0.4, 0.5) is 0 Å². The number of carbonyl (C=O) groups is 1. The molecule has 0 aromatic carbocycles. The maximum Gasteiger partial charge on any atom is 0.249 e. The minimum Gasteiger partial charge on any atom is -0.394 e. The minimum atomic E-state index is -1.09. The van der Waals surface area contributed by atoms with Gasteiger partial charge in [-0.1, -0.05) is 237 Å². The molecule has 0 saturated carbocycles. The lowest BCUT2D eigenvalue weighted by Crippen LogP contribution is -2.48. The molecule has 5 heteroatoms. The number of nitrogens with one attached hydrogen (secondary N) is 1. The van der Waals surface area contributed by atoms with Crippen LogP contribution in [0.15, 0.2) is 24.3 Å². The molecule has 0 aliphatic rings. The molecule has 1 amide bonds. The normalized spacial score (nSPS) is 13.6. The summed E-state index contributed by atoms with van der Waals surface area (Å²) in [5, 5.41) is 33.0. The third kappa shape index (κ3) is 39.1. The van der Waals surface area contributed by atoms with Crippen LogP contribution >= 0.6 is 0 Å². The van der Waals surface area contributed by atoms with Gasteiger partial charge in [0.15, 0.2) is 0 Å². The Morgan fingerprint density at radius 2 is 0.741 bits per heavy atom. The van der Waals surface area contributed by atoms with E-state index in [0.717, 1.165) is 32.1 Å². The van der Waals surface area contributed by atoms with E-state index in [2.05, 4.69) is 31.3 Å². The Hall–Kier alpha value is -1.17. The van der Waals surface area contributed by atoms with Crippen LogP contribution in [0.3, 0.4) is 0 Å². The van der Waals surface area contributed by atoms with Gasteiger partial charge in [-0.25, -0.2) is 0 Å². The third-order valence-electron chi connectivity index (χ3n) is 11.3. The highest BCUT2D eigenvalue weighted by molar-refractivity contribution is 5.80.